The molecule has 0 saturated heterocycles. The lowest BCUT2D eigenvalue weighted by atomic mass is 10.1. The van der Waals surface area contributed by atoms with Gasteiger partial charge in [0.1, 0.15) is 5.70 Å². The number of nitrogens with zero attached hydrogens (tertiary/aromatic N) is 3. The van der Waals surface area contributed by atoms with Crippen LogP contribution < -0.4 is 0 Å². The van der Waals surface area contributed by atoms with Gasteiger partial charge in [0.05, 0.1) is 11.4 Å². The Morgan fingerprint density at radius 1 is 0.800 bits per heavy atom. The molecule has 0 saturated carbocycles. The minimum Gasteiger partial charge on any atom is -0.382 e. The second kappa shape index (κ2) is 8.62. The summed E-state index contributed by atoms with van der Waals surface area (Å²) in [7, 11) is 3.81. The first-order valence-electron chi connectivity index (χ1n) is 9.83. The average Bonchev–Trinajstić information content (AvgIpc) is 3.24. The van der Waals surface area contributed by atoms with E-state index in [2.05, 4.69) is 0 Å². The third-order valence-electron chi connectivity index (χ3n) is 4.73. The summed E-state index contributed by atoms with van der Waals surface area (Å²) in [4.78, 5) is 15.3. The van der Waals surface area contributed by atoms with Crippen LogP contribution >= 0.6 is 0 Å². The normalized spacial score (nSPS) is 11.3. The molecule has 0 amide bonds. The summed E-state index contributed by atoms with van der Waals surface area (Å²) in [6.45, 7) is 0. The predicted molar refractivity (Wildman–Crippen MR) is 122 cm³/mol. The maximum absolute atomic E-state index is 13.5. The first kappa shape index (κ1) is 19.4. The minimum absolute atomic E-state index is 0.0795. The summed E-state index contributed by atoms with van der Waals surface area (Å²) in [6.07, 6.45) is 1.82. The molecule has 1 aromatic heterocycles. The molecule has 148 valence electrons. The molecule has 3 aromatic carbocycles. The summed E-state index contributed by atoms with van der Waals surface area (Å²) >= 11 is 0. The highest BCUT2D eigenvalue weighted by Gasteiger charge is 2.21. The van der Waals surface area contributed by atoms with Crippen molar-refractivity contribution in [2.24, 2.45) is 0 Å². The van der Waals surface area contributed by atoms with Crippen LogP contribution in [0.1, 0.15) is 10.4 Å². The number of carbonyl (C=O) groups excluding carboxylic acids is 1. The second-order valence-electron chi connectivity index (χ2n) is 7.23. The van der Waals surface area contributed by atoms with Crippen molar-refractivity contribution in [2.45, 2.75) is 0 Å². The van der Waals surface area contributed by atoms with Crippen LogP contribution in [-0.2, 0) is 0 Å². The molecule has 0 fully saturated rings. The third kappa shape index (κ3) is 4.08. The Balaban J connectivity index is 1.92. The molecule has 0 spiro atoms. The highest BCUT2D eigenvalue weighted by Crippen LogP contribution is 2.29. The summed E-state index contributed by atoms with van der Waals surface area (Å²) < 4.78 is 1.76. The lowest BCUT2D eigenvalue weighted by Crippen LogP contribution is -2.16. The van der Waals surface area contributed by atoms with Gasteiger partial charge in [-0.05, 0) is 6.07 Å². The molecule has 0 aliphatic rings. The van der Waals surface area contributed by atoms with E-state index in [-0.39, 0.29) is 5.78 Å². The quantitative estimate of drug-likeness (QED) is 0.322. The van der Waals surface area contributed by atoms with Crippen LogP contribution in [0.15, 0.2) is 103 Å². The van der Waals surface area contributed by atoms with Crippen molar-refractivity contribution >= 4 is 11.5 Å². The molecule has 4 nitrogen and oxygen atoms in total. The molecule has 4 aromatic rings. The number of benzene rings is 3. The van der Waals surface area contributed by atoms with Gasteiger partial charge in [-0.3, -0.25) is 4.79 Å². The van der Waals surface area contributed by atoms with Gasteiger partial charge in [0.15, 0.2) is 0 Å². The first-order valence-corrected chi connectivity index (χ1v) is 9.83. The molecular weight excluding hydrogens is 370 g/mol. The van der Waals surface area contributed by atoms with Crippen molar-refractivity contribution < 1.29 is 4.79 Å². The van der Waals surface area contributed by atoms with Crippen LogP contribution in [0.3, 0.4) is 0 Å². The summed E-state index contributed by atoms with van der Waals surface area (Å²) in [5, 5.41) is 4.86. The average molecular weight is 393 g/mol. The third-order valence-corrected chi connectivity index (χ3v) is 4.73. The van der Waals surface area contributed by atoms with Crippen LogP contribution in [0.25, 0.3) is 28.2 Å². The lowest BCUT2D eigenvalue weighted by Gasteiger charge is -2.14. The van der Waals surface area contributed by atoms with E-state index in [1.165, 1.54) is 0 Å². The number of allylic oxidation sites excluding steroid dienone is 1. The van der Waals surface area contributed by atoms with Crippen molar-refractivity contribution in [3.63, 3.8) is 0 Å². The Morgan fingerprint density at radius 2 is 1.33 bits per heavy atom. The largest absolute Gasteiger partial charge is 0.382 e. The summed E-state index contributed by atoms with van der Waals surface area (Å²) in [5.74, 6) is -0.0795. The molecule has 30 heavy (non-hydrogen) atoms. The second-order valence-corrected chi connectivity index (χ2v) is 7.23. The smallest absolute Gasteiger partial charge is 0.212 e. The van der Waals surface area contributed by atoms with Gasteiger partial charge in [0.25, 0.3) is 0 Å². The zero-order valence-corrected chi connectivity index (χ0v) is 17.1. The van der Waals surface area contributed by atoms with Gasteiger partial charge in [-0.1, -0.05) is 91.0 Å². The van der Waals surface area contributed by atoms with Gasteiger partial charge in [-0.15, -0.1) is 0 Å². The zero-order valence-electron chi connectivity index (χ0n) is 17.1. The number of ketones is 1. The fourth-order valence-corrected chi connectivity index (χ4v) is 3.32. The van der Waals surface area contributed by atoms with Gasteiger partial charge >= 0.3 is 0 Å². The standard InChI is InChI=1S/C26H23N3O/c1-28(2)19-25(26(30)22-16-10-5-11-17-22)29-24(21-14-8-4-9-15-21)18-23(27-29)20-12-6-3-7-13-20/h3-19H,1-2H3/b25-19+. The monoisotopic (exact) mass is 393 g/mol. The predicted octanol–water partition coefficient (Wildman–Crippen LogP) is 5.46. The van der Waals surface area contributed by atoms with Crippen LogP contribution in [0, 0.1) is 0 Å². The van der Waals surface area contributed by atoms with E-state index < -0.39 is 0 Å². The van der Waals surface area contributed by atoms with E-state index in [0.29, 0.717) is 11.3 Å². The van der Waals surface area contributed by atoms with E-state index in [1.807, 2.05) is 122 Å². The SMILES string of the molecule is CN(C)/C=C(\C(=O)c1ccccc1)n1nc(-c2ccccc2)cc1-c1ccccc1. The van der Waals surface area contributed by atoms with Crippen LogP contribution in [0.4, 0.5) is 0 Å². The maximum atomic E-state index is 13.5. The van der Waals surface area contributed by atoms with Gasteiger partial charge in [0.2, 0.25) is 5.78 Å². The first-order chi connectivity index (χ1) is 14.6. The maximum Gasteiger partial charge on any atom is 0.212 e. The topological polar surface area (TPSA) is 38.1 Å². The Kier molecular flexibility index (Phi) is 5.57. The van der Waals surface area contributed by atoms with Gasteiger partial charge in [-0.2, -0.15) is 5.10 Å². The van der Waals surface area contributed by atoms with Crippen molar-refractivity contribution in [2.75, 3.05) is 14.1 Å². The molecule has 0 unspecified atom stereocenters. The molecule has 4 rings (SSSR count). The summed E-state index contributed by atoms with van der Waals surface area (Å²) in [6, 6.07) is 31.4. The zero-order chi connectivity index (χ0) is 20.9. The van der Waals surface area contributed by atoms with E-state index in [0.717, 1.165) is 22.5 Å². The molecule has 1 heterocycles. The molecule has 0 aliphatic carbocycles. The van der Waals surface area contributed by atoms with Crippen molar-refractivity contribution in [1.82, 2.24) is 14.7 Å². The molecule has 0 N–H and O–H groups in total. The van der Waals surface area contributed by atoms with E-state index >= 15 is 0 Å². The highest BCUT2D eigenvalue weighted by molar-refractivity contribution is 6.24. The van der Waals surface area contributed by atoms with Crippen LogP contribution in [0.5, 0.6) is 0 Å². The fraction of sp³-hybridized carbons (Fsp3) is 0.0769. The lowest BCUT2D eigenvalue weighted by molar-refractivity contribution is 0.104. The molecule has 0 bridgehead atoms. The van der Waals surface area contributed by atoms with Gasteiger partial charge in [-0.25, -0.2) is 4.68 Å². The summed E-state index contributed by atoms with van der Waals surface area (Å²) in [5.41, 5.74) is 4.81. The van der Waals surface area contributed by atoms with Gasteiger partial charge in [0, 0.05) is 37.0 Å². The molecule has 0 atom stereocenters. The van der Waals surface area contributed by atoms with Crippen molar-refractivity contribution in [3.05, 3.63) is 109 Å². The van der Waals surface area contributed by atoms with E-state index in [9.17, 15) is 4.79 Å². The Labute approximate surface area is 176 Å². The van der Waals surface area contributed by atoms with E-state index in [4.69, 9.17) is 5.10 Å². The number of rotatable bonds is 6. The molecule has 0 radical (unpaired) electrons. The van der Waals surface area contributed by atoms with Crippen LogP contribution in [-0.4, -0.2) is 34.6 Å². The van der Waals surface area contributed by atoms with Gasteiger partial charge < -0.3 is 4.90 Å². The molecule has 0 aliphatic heterocycles. The minimum atomic E-state index is -0.0795. The Bertz CT molecular complexity index is 1160. The number of carbonyl (C=O) groups is 1. The van der Waals surface area contributed by atoms with E-state index in [1.54, 1.807) is 4.68 Å². The van der Waals surface area contributed by atoms with Crippen molar-refractivity contribution in [1.29, 1.82) is 0 Å². The number of Topliss-reactive ketones (excluding diaryl/α,β-unsaturated/α-hetero) is 1. The Morgan fingerprint density at radius 3 is 1.90 bits per heavy atom. The Hall–Kier alpha value is -3.92. The fourth-order valence-electron chi connectivity index (χ4n) is 3.32. The molecule has 4 heteroatoms. The molecular formula is C26H23N3O. The van der Waals surface area contributed by atoms with Crippen LogP contribution in [0.2, 0.25) is 0 Å². The van der Waals surface area contributed by atoms with Crippen molar-refractivity contribution in [3.8, 4) is 22.5 Å². The highest BCUT2D eigenvalue weighted by atomic mass is 16.1. The number of aromatic nitrogens is 2. The number of hydrogen-bond donors (Lipinski definition) is 0. The number of hydrogen-bond acceptors (Lipinski definition) is 3.